The van der Waals surface area contributed by atoms with Gasteiger partial charge in [0.1, 0.15) is 13.2 Å². The fraction of sp³-hybridized carbons (Fsp3) is 0.827. The lowest BCUT2D eigenvalue weighted by molar-refractivity contribution is -0.870. The van der Waals surface area contributed by atoms with Crippen molar-refractivity contribution in [2.24, 2.45) is 0 Å². The van der Waals surface area contributed by atoms with Gasteiger partial charge in [0.05, 0.1) is 39.9 Å². The number of likely N-dealkylation sites (N-methyl/N-ethyl adjacent to an activating group) is 1. The van der Waals surface area contributed by atoms with E-state index in [1.807, 2.05) is 27.2 Å². The van der Waals surface area contributed by atoms with Crippen LogP contribution in [0.5, 0.6) is 0 Å². The van der Waals surface area contributed by atoms with E-state index >= 15 is 0 Å². The van der Waals surface area contributed by atoms with Gasteiger partial charge in [-0.1, -0.05) is 197 Å². The molecule has 0 saturated heterocycles. The lowest BCUT2D eigenvalue weighted by Gasteiger charge is -2.25. The van der Waals surface area contributed by atoms with Crippen LogP contribution in [0.2, 0.25) is 0 Å². The smallest absolute Gasteiger partial charge is 0.387 e. The van der Waals surface area contributed by atoms with E-state index in [9.17, 15) is 19.4 Å². The average Bonchev–Trinajstić information content (AvgIpc) is 3.21. The number of phosphoric ester groups is 1. The highest BCUT2D eigenvalue weighted by Gasteiger charge is 2.27. The van der Waals surface area contributed by atoms with Crippen molar-refractivity contribution in [3.63, 3.8) is 0 Å². The molecule has 0 radical (unpaired) electrons. The molecule has 0 aliphatic carbocycles. The molecule has 0 aliphatic heterocycles. The van der Waals surface area contributed by atoms with Crippen molar-refractivity contribution in [1.82, 2.24) is 5.32 Å². The number of phosphoric acid groups is 1. The summed E-state index contributed by atoms with van der Waals surface area (Å²) < 4.78 is 23.6. The van der Waals surface area contributed by atoms with Crippen LogP contribution >= 0.6 is 7.82 Å². The summed E-state index contributed by atoms with van der Waals surface area (Å²) in [6.07, 6.45) is 56.2. The third kappa shape index (κ3) is 46.3. The van der Waals surface area contributed by atoms with Crippen molar-refractivity contribution in [2.45, 2.75) is 238 Å². The Morgan fingerprint density at radius 3 is 1.31 bits per heavy atom. The fourth-order valence-electron chi connectivity index (χ4n) is 7.19. The summed E-state index contributed by atoms with van der Waals surface area (Å²) in [6.45, 7) is 4.79. The van der Waals surface area contributed by atoms with E-state index in [0.717, 1.165) is 44.9 Å². The minimum absolute atomic E-state index is 0.0520. The third-order valence-electron chi connectivity index (χ3n) is 11.2. The zero-order valence-electron chi connectivity index (χ0n) is 40.7. The molecule has 0 fully saturated rings. The van der Waals surface area contributed by atoms with Crippen LogP contribution in [-0.2, 0) is 18.4 Å². The van der Waals surface area contributed by atoms with Crippen molar-refractivity contribution < 1.29 is 32.9 Å². The number of allylic oxidation sites excluding steroid dienone is 7. The Labute approximate surface area is 378 Å². The SMILES string of the molecule is CCCCCCCCCCC/C=C\CCCCCCCCCC(=O)NC(COP(=O)(O)OCC[N+](C)(C)C)C(O)/C=C/CC/C=C/CC/C=C/CCCCCCCCCCC. The molecule has 1 amide bonds. The molecule has 358 valence electrons. The number of carbonyl (C=O) groups is 1. The minimum atomic E-state index is -4.36. The van der Waals surface area contributed by atoms with Gasteiger partial charge in [-0.25, -0.2) is 4.57 Å². The summed E-state index contributed by atoms with van der Waals surface area (Å²) in [5, 5.41) is 13.9. The molecule has 3 N–H and O–H groups in total. The zero-order chi connectivity index (χ0) is 45.0. The maximum atomic E-state index is 12.9. The number of aliphatic hydroxyl groups is 1. The highest BCUT2D eigenvalue weighted by atomic mass is 31.2. The van der Waals surface area contributed by atoms with Gasteiger partial charge in [-0.15, -0.1) is 0 Å². The van der Waals surface area contributed by atoms with Crippen molar-refractivity contribution in [3.05, 3.63) is 48.6 Å². The van der Waals surface area contributed by atoms with Crippen LogP contribution in [0, 0.1) is 0 Å². The molecule has 8 nitrogen and oxygen atoms in total. The molecule has 0 heterocycles. The van der Waals surface area contributed by atoms with E-state index in [1.165, 1.54) is 161 Å². The summed E-state index contributed by atoms with van der Waals surface area (Å²) in [4.78, 5) is 23.2. The van der Waals surface area contributed by atoms with Gasteiger partial charge in [-0.3, -0.25) is 13.8 Å². The number of hydrogen-bond acceptors (Lipinski definition) is 5. The molecule has 61 heavy (non-hydrogen) atoms. The number of unbranched alkanes of at least 4 members (excludes halogenated alkanes) is 27. The minimum Gasteiger partial charge on any atom is -0.387 e. The Kier molecular flexibility index (Phi) is 42.6. The van der Waals surface area contributed by atoms with Gasteiger partial charge in [-0.05, 0) is 70.6 Å². The van der Waals surface area contributed by atoms with Crippen LogP contribution in [-0.4, -0.2) is 73.4 Å². The number of hydrogen-bond donors (Lipinski definition) is 3. The summed E-state index contributed by atoms with van der Waals surface area (Å²) in [7, 11) is 1.54. The Balaban J connectivity index is 4.40. The first-order valence-electron chi connectivity index (χ1n) is 25.5. The molecule has 0 aromatic carbocycles. The van der Waals surface area contributed by atoms with Crippen LogP contribution in [0.3, 0.4) is 0 Å². The number of aliphatic hydroxyl groups excluding tert-OH is 1. The Bertz CT molecular complexity index is 1130. The quantitative estimate of drug-likeness (QED) is 0.0243. The molecule has 0 rings (SSSR count). The zero-order valence-corrected chi connectivity index (χ0v) is 41.5. The Morgan fingerprint density at radius 1 is 0.541 bits per heavy atom. The number of carbonyl (C=O) groups excluding carboxylic acids is 1. The lowest BCUT2D eigenvalue weighted by Crippen LogP contribution is -2.45. The molecule has 0 spiro atoms. The van der Waals surface area contributed by atoms with Crippen molar-refractivity contribution in [3.8, 4) is 0 Å². The monoisotopic (exact) mass is 880 g/mol. The van der Waals surface area contributed by atoms with Gasteiger partial charge < -0.3 is 19.8 Å². The van der Waals surface area contributed by atoms with Crippen LogP contribution in [0.4, 0.5) is 0 Å². The topological polar surface area (TPSA) is 105 Å². The van der Waals surface area contributed by atoms with Gasteiger partial charge >= 0.3 is 7.82 Å². The first-order chi connectivity index (χ1) is 29.5. The predicted molar refractivity (Wildman–Crippen MR) is 263 cm³/mol. The third-order valence-corrected chi connectivity index (χ3v) is 12.2. The Morgan fingerprint density at radius 2 is 0.902 bits per heavy atom. The Hall–Kier alpha value is -1.54. The second-order valence-corrected chi connectivity index (χ2v) is 20.0. The molecule has 3 unspecified atom stereocenters. The molecular weight excluding hydrogens is 780 g/mol. The number of nitrogens with zero attached hydrogens (tertiary/aromatic N) is 1. The van der Waals surface area contributed by atoms with E-state index < -0.39 is 20.0 Å². The van der Waals surface area contributed by atoms with Gasteiger partial charge in [0.25, 0.3) is 0 Å². The maximum Gasteiger partial charge on any atom is 0.472 e. The van der Waals surface area contributed by atoms with E-state index in [-0.39, 0.29) is 19.1 Å². The molecule has 0 aromatic rings. The molecular formula is C52H100N2O6P+. The predicted octanol–water partition coefficient (Wildman–Crippen LogP) is 14.8. The van der Waals surface area contributed by atoms with Gasteiger partial charge in [0.2, 0.25) is 5.91 Å². The molecule has 0 aromatic heterocycles. The van der Waals surface area contributed by atoms with Crippen molar-refractivity contribution in [2.75, 3.05) is 40.9 Å². The molecule has 9 heteroatoms. The standard InChI is InChI=1S/C52H99N2O6P/c1-6-8-10-12-14-16-18-20-22-24-26-28-30-32-34-36-38-40-42-44-46-52(56)53-50(49-60-61(57,58)59-48-47-54(3,4)5)51(55)45-43-41-39-37-35-33-31-29-27-25-23-21-19-17-15-13-11-9-7-2/h26-29,35,37,43,45,50-51,55H,6-25,30-34,36,38-42,44,46-49H2,1-5H3,(H-,53,56,57,58)/p+1/b28-26-,29-27+,37-35+,45-43+. The van der Waals surface area contributed by atoms with Gasteiger partial charge in [-0.2, -0.15) is 0 Å². The van der Waals surface area contributed by atoms with Gasteiger partial charge in [0, 0.05) is 6.42 Å². The maximum absolute atomic E-state index is 12.9. The van der Waals surface area contributed by atoms with Crippen LogP contribution in [0.1, 0.15) is 226 Å². The number of amides is 1. The molecule has 3 atom stereocenters. The first kappa shape index (κ1) is 59.5. The van der Waals surface area contributed by atoms with Crippen molar-refractivity contribution >= 4 is 13.7 Å². The summed E-state index contributed by atoms with van der Waals surface area (Å²) in [5.74, 6) is -0.195. The van der Waals surface area contributed by atoms with Crippen molar-refractivity contribution in [1.29, 1.82) is 0 Å². The highest BCUT2D eigenvalue weighted by Crippen LogP contribution is 2.43. The number of nitrogens with one attached hydrogen (secondary N) is 1. The lowest BCUT2D eigenvalue weighted by atomic mass is 10.1. The van der Waals surface area contributed by atoms with Crippen LogP contribution in [0.25, 0.3) is 0 Å². The fourth-order valence-corrected chi connectivity index (χ4v) is 7.92. The molecule has 0 aliphatic rings. The second kappa shape index (κ2) is 43.7. The first-order valence-corrected chi connectivity index (χ1v) is 27.0. The second-order valence-electron chi connectivity index (χ2n) is 18.5. The highest BCUT2D eigenvalue weighted by molar-refractivity contribution is 7.47. The summed E-state index contributed by atoms with van der Waals surface area (Å²) in [5.41, 5.74) is 0. The van der Waals surface area contributed by atoms with E-state index in [4.69, 9.17) is 9.05 Å². The van der Waals surface area contributed by atoms with E-state index in [0.29, 0.717) is 17.4 Å². The largest absolute Gasteiger partial charge is 0.472 e. The normalized spacial score (nSPS) is 14.5. The van der Waals surface area contributed by atoms with E-state index in [1.54, 1.807) is 6.08 Å². The molecule has 0 bridgehead atoms. The van der Waals surface area contributed by atoms with Crippen LogP contribution in [0.15, 0.2) is 48.6 Å². The average molecular weight is 880 g/mol. The van der Waals surface area contributed by atoms with Crippen LogP contribution < -0.4 is 5.32 Å². The van der Waals surface area contributed by atoms with E-state index in [2.05, 4.69) is 55.6 Å². The molecule has 0 saturated carbocycles. The summed E-state index contributed by atoms with van der Waals surface area (Å²) >= 11 is 0. The van der Waals surface area contributed by atoms with Gasteiger partial charge in [0.15, 0.2) is 0 Å². The number of quaternary nitrogens is 1. The summed E-state index contributed by atoms with van der Waals surface area (Å²) in [6, 6.07) is -0.872. The number of rotatable bonds is 46.